The van der Waals surface area contributed by atoms with E-state index >= 15 is 0 Å². The Labute approximate surface area is 102 Å². The molecule has 1 aliphatic rings. The van der Waals surface area contributed by atoms with Crippen molar-refractivity contribution in [1.29, 1.82) is 0 Å². The molecule has 1 saturated carbocycles. The number of rotatable bonds is 5. The van der Waals surface area contributed by atoms with E-state index < -0.39 is 0 Å². The summed E-state index contributed by atoms with van der Waals surface area (Å²) in [6, 6.07) is 10.2. The van der Waals surface area contributed by atoms with Crippen LogP contribution in [0.25, 0.3) is 0 Å². The molecule has 1 fully saturated rings. The third kappa shape index (κ3) is 3.07. The number of carbonyl (C=O) groups excluding carboxylic acids is 1. The Morgan fingerprint density at radius 1 is 1.35 bits per heavy atom. The molecular weight excluding hydrogens is 214 g/mol. The summed E-state index contributed by atoms with van der Waals surface area (Å²) in [5, 5.41) is 3.37. The molecule has 1 aliphatic carbocycles. The molecule has 0 aliphatic heterocycles. The lowest BCUT2D eigenvalue weighted by atomic mass is 10.1. The molecule has 0 radical (unpaired) electrons. The van der Waals surface area contributed by atoms with Crippen LogP contribution in [0.15, 0.2) is 30.3 Å². The first kappa shape index (κ1) is 12.1. The summed E-state index contributed by atoms with van der Waals surface area (Å²) < 4.78 is 4.85. The van der Waals surface area contributed by atoms with E-state index in [0.29, 0.717) is 5.92 Å². The monoisotopic (exact) mass is 233 g/mol. The van der Waals surface area contributed by atoms with E-state index in [9.17, 15) is 4.79 Å². The summed E-state index contributed by atoms with van der Waals surface area (Å²) in [6.07, 6.45) is 2.24. The molecule has 92 valence electrons. The minimum Gasteiger partial charge on any atom is -0.468 e. The van der Waals surface area contributed by atoms with Gasteiger partial charge in [0, 0.05) is 6.04 Å². The number of esters is 1. The van der Waals surface area contributed by atoms with Crippen LogP contribution in [0.1, 0.15) is 31.4 Å². The Morgan fingerprint density at radius 2 is 2.00 bits per heavy atom. The molecule has 0 heterocycles. The molecule has 0 spiro atoms. The average Bonchev–Trinajstić information content (AvgIpc) is 3.20. The third-order valence-corrected chi connectivity index (χ3v) is 3.28. The van der Waals surface area contributed by atoms with Crippen LogP contribution in [0.4, 0.5) is 0 Å². The van der Waals surface area contributed by atoms with E-state index in [1.165, 1.54) is 12.7 Å². The van der Waals surface area contributed by atoms with Crippen molar-refractivity contribution in [2.75, 3.05) is 7.11 Å². The quantitative estimate of drug-likeness (QED) is 0.793. The molecule has 0 bridgehead atoms. The maximum atomic E-state index is 11.7. The van der Waals surface area contributed by atoms with Gasteiger partial charge in [0.2, 0.25) is 0 Å². The normalized spacial score (nSPS) is 18.5. The molecule has 1 aromatic rings. The molecule has 3 heteroatoms. The van der Waals surface area contributed by atoms with Crippen LogP contribution in [0.2, 0.25) is 0 Å². The number of ether oxygens (including phenoxy) is 1. The molecule has 2 atom stereocenters. The van der Waals surface area contributed by atoms with E-state index in [1.54, 1.807) is 0 Å². The predicted octanol–water partition coefficient (Wildman–Crippen LogP) is 2.29. The minimum absolute atomic E-state index is 0.143. The van der Waals surface area contributed by atoms with Gasteiger partial charge in [-0.2, -0.15) is 0 Å². The Morgan fingerprint density at radius 3 is 2.53 bits per heavy atom. The van der Waals surface area contributed by atoms with E-state index in [1.807, 2.05) is 18.2 Å². The highest BCUT2D eigenvalue weighted by Crippen LogP contribution is 2.34. The first-order valence-corrected chi connectivity index (χ1v) is 6.11. The topological polar surface area (TPSA) is 38.3 Å². The highest BCUT2D eigenvalue weighted by molar-refractivity contribution is 5.76. The van der Waals surface area contributed by atoms with Crippen LogP contribution >= 0.6 is 0 Å². The van der Waals surface area contributed by atoms with Gasteiger partial charge in [0.05, 0.1) is 7.11 Å². The zero-order valence-corrected chi connectivity index (χ0v) is 10.3. The predicted molar refractivity (Wildman–Crippen MR) is 66.5 cm³/mol. The fourth-order valence-corrected chi connectivity index (χ4v) is 2.06. The fourth-order valence-electron chi connectivity index (χ4n) is 2.06. The summed E-state index contributed by atoms with van der Waals surface area (Å²) in [5.74, 6) is 0.309. The first-order chi connectivity index (χ1) is 8.22. The van der Waals surface area contributed by atoms with Gasteiger partial charge >= 0.3 is 5.97 Å². The van der Waals surface area contributed by atoms with Crippen LogP contribution in [-0.4, -0.2) is 19.1 Å². The second kappa shape index (κ2) is 5.32. The second-order valence-electron chi connectivity index (χ2n) is 4.64. The van der Waals surface area contributed by atoms with Crippen LogP contribution < -0.4 is 5.32 Å². The van der Waals surface area contributed by atoms with Crippen molar-refractivity contribution in [3.63, 3.8) is 0 Å². The van der Waals surface area contributed by atoms with Crippen molar-refractivity contribution in [2.24, 2.45) is 5.92 Å². The standard InChI is InChI=1S/C14H19NO2/c1-10(11-6-4-3-5-7-11)15-13(12-8-9-12)14(16)17-2/h3-7,10,12-13,15H,8-9H2,1-2H3/t10-,13-/m0/s1. The van der Waals surface area contributed by atoms with Gasteiger partial charge < -0.3 is 4.74 Å². The van der Waals surface area contributed by atoms with Crippen LogP contribution in [-0.2, 0) is 9.53 Å². The second-order valence-corrected chi connectivity index (χ2v) is 4.64. The smallest absolute Gasteiger partial charge is 0.323 e. The number of benzene rings is 1. The third-order valence-electron chi connectivity index (χ3n) is 3.28. The number of hydrogen-bond donors (Lipinski definition) is 1. The summed E-state index contributed by atoms with van der Waals surface area (Å²) in [7, 11) is 1.45. The van der Waals surface area contributed by atoms with Gasteiger partial charge in [0.15, 0.2) is 0 Å². The van der Waals surface area contributed by atoms with Gasteiger partial charge in [-0.25, -0.2) is 0 Å². The average molecular weight is 233 g/mol. The Kier molecular flexibility index (Phi) is 3.79. The van der Waals surface area contributed by atoms with Crippen molar-refractivity contribution in [2.45, 2.75) is 31.8 Å². The molecule has 0 unspecified atom stereocenters. The van der Waals surface area contributed by atoms with Gasteiger partial charge in [0.1, 0.15) is 6.04 Å². The lowest BCUT2D eigenvalue weighted by Gasteiger charge is -2.21. The highest BCUT2D eigenvalue weighted by Gasteiger charge is 2.37. The van der Waals surface area contributed by atoms with Gasteiger partial charge in [-0.3, -0.25) is 10.1 Å². The number of carbonyl (C=O) groups is 1. The molecule has 2 rings (SSSR count). The van der Waals surface area contributed by atoms with Gasteiger partial charge in [0.25, 0.3) is 0 Å². The molecule has 17 heavy (non-hydrogen) atoms. The van der Waals surface area contributed by atoms with Crippen LogP contribution in [0.3, 0.4) is 0 Å². The van der Waals surface area contributed by atoms with Gasteiger partial charge in [-0.1, -0.05) is 30.3 Å². The maximum Gasteiger partial charge on any atom is 0.323 e. The molecule has 0 aromatic heterocycles. The van der Waals surface area contributed by atoms with Crippen LogP contribution in [0, 0.1) is 5.92 Å². The first-order valence-electron chi connectivity index (χ1n) is 6.11. The lowest BCUT2D eigenvalue weighted by molar-refractivity contribution is -0.144. The lowest BCUT2D eigenvalue weighted by Crippen LogP contribution is -2.40. The largest absolute Gasteiger partial charge is 0.468 e. The zero-order chi connectivity index (χ0) is 12.3. The Balaban J connectivity index is 2.00. The van der Waals surface area contributed by atoms with Crippen molar-refractivity contribution in [3.8, 4) is 0 Å². The molecule has 3 nitrogen and oxygen atoms in total. The molecule has 0 saturated heterocycles. The Hall–Kier alpha value is -1.35. The summed E-state index contributed by atoms with van der Waals surface area (Å²) in [5.41, 5.74) is 1.20. The zero-order valence-electron chi connectivity index (χ0n) is 10.3. The van der Waals surface area contributed by atoms with Crippen molar-refractivity contribution in [3.05, 3.63) is 35.9 Å². The highest BCUT2D eigenvalue weighted by atomic mass is 16.5. The fraction of sp³-hybridized carbons (Fsp3) is 0.500. The number of nitrogens with one attached hydrogen (secondary N) is 1. The van der Waals surface area contributed by atoms with Gasteiger partial charge in [-0.15, -0.1) is 0 Å². The Bertz CT molecular complexity index is 373. The summed E-state index contributed by atoms with van der Waals surface area (Å²) in [6.45, 7) is 2.08. The molecular formula is C14H19NO2. The summed E-state index contributed by atoms with van der Waals surface area (Å²) in [4.78, 5) is 11.7. The van der Waals surface area contributed by atoms with Crippen molar-refractivity contribution >= 4 is 5.97 Å². The van der Waals surface area contributed by atoms with Crippen molar-refractivity contribution < 1.29 is 9.53 Å². The van der Waals surface area contributed by atoms with E-state index in [2.05, 4.69) is 24.4 Å². The SMILES string of the molecule is COC(=O)[C@@H](N[C@@H](C)c1ccccc1)C1CC1. The number of hydrogen-bond acceptors (Lipinski definition) is 3. The molecule has 0 amide bonds. The molecule has 1 N–H and O–H groups in total. The van der Waals surface area contributed by atoms with Gasteiger partial charge in [-0.05, 0) is 31.2 Å². The molecule has 1 aromatic carbocycles. The maximum absolute atomic E-state index is 11.7. The number of methoxy groups -OCH3 is 1. The van der Waals surface area contributed by atoms with E-state index in [4.69, 9.17) is 4.74 Å². The van der Waals surface area contributed by atoms with E-state index in [0.717, 1.165) is 12.8 Å². The van der Waals surface area contributed by atoms with Crippen molar-refractivity contribution in [1.82, 2.24) is 5.32 Å². The van der Waals surface area contributed by atoms with Crippen LogP contribution in [0.5, 0.6) is 0 Å². The summed E-state index contributed by atoms with van der Waals surface area (Å²) >= 11 is 0. The minimum atomic E-state index is -0.157. The van der Waals surface area contributed by atoms with E-state index in [-0.39, 0.29) is 18.1 Å².